The van der Waals surface area contributed by atoms with Crippen LogP contribution < -0.4 is 0 Å². The van der Waals surface area contributed by atoms with Crippen LogP contribution in [0.4, 0.5) is 13.2 Å². The number of hydrogen-bond donors (Lipinski definition) is 0. The van der Waals surface area contributed by atoms with E-state index in [-0.39, 0.29) is 19.7 Å². The van der Waals surface area contributed by atoms with E-state index in [4.69, 9.17) is 4.74 Å². The van der Waals surface area contributed by atoms with Crippen molar-refractivity contribution in [2.24, 2.45) is 5.92 Å². The van der Waals surface area contributed by atoms with E-state index >= 15 is 0 Å². The van der Waals surface area contributed by atoms with Gasteiger partial charge in [0.1, 0.15) is 6.61 Å². The molecule has 0 saturated carbocycles. The second-order valence-corrected chi connectivity index (χ2v) is 4.94. The largest absolute Gasteiger partial charge is 0.461 e. The zero-order chi connectivity index (χ0) is 15.9. The van der Waals surface area contributed by atoms with Crippen LogP contribution in [-0.4, -0.2) is 36.7 Å². The van der Waals surface area contributed by atoms with Gasteiger partial charge in [0, 0.05) is 6.54 Å². The minimum atomic E-state index is -4.26. The first kappa shape index (κ1) is 17.5. The van der Waals surface area contributed by atoms with Crippen LogP contribution in [-0.2, 0) is 16.1 Å². The molecule has 21 heavy (non-hydrogen) atoms. The Kier molecular flexibility index (Phi) is 6.68. The van der Waals surface area contributed by atoms with Gasteiger partial charge >= 0.3 is 12.1 Å². The van der Waals surface area contributed by atoms with Gasteiger partial charge in [0.2, 0.25) is 0 Å². The summed E-state index contributed by atoms with van der Waals surface area (Å²) in [5.41, 5.74) is 0.848. The van der Waals surface area contributed by atoms with E-state index < -0.39 is 24.6 Å². The van der Waals surface area contributed by atoms with Gasteiger partial charge in [-0.3, -0.25) is 9.69 Å². The highest BCUT2D eigenvalue weighted by Crippen LogP contribution is 2.17. The topological polar surface area (TPSA) is 29.5 Å². The predicted molar refractivity (Wildman–Crippen MR) is 73.6 cm³/mol. The van der Waals surface area contributed by atoms with Crippen LogP contribution in [0.1, 0.15) is 19.4 Å². The zero-order valence-corrected chi connectivity index (χ0v) is 12.2. The van der Waals surface area contributed by atoms with Crippen molar-refractivity contribution in [1.29, 1.82) is 0 Å². The average Bonchev–Trinajstić information content (AvgIpc) is 2.43. The quantitative estimate of drug-likeness (QED) is 0.724. The van der Waals surface area contributed by atoms with E-state index in [0.29, 0.717) is 0 Å². The lowest BCUT2D eigenvalue weighted by Gasteiger charge is -2.24. The van der Waals surface area contributed by atoms with Crippen molar-refractivity contribution in [3.8, 4) is 0 Å². The highest BCUT2D eigenvalue weighted by atomic mass is 19.4. The third kappa shape index (κ3) is 7.13. The molecule has 0 bridgehead atoms. The molecule has 1 rings (SSSR count). The third-order valence-electron chi connectivity index (χ3n) is 3.01. The van der Waals surface area contributed by atoms with Crippen LogP contribution in [0.2, 0.25) is 0 Å². The van der Waals surface area contributed by atoms with Crippen molar-refractivity contribution in [3.05, 3.63) is 35.9 Å². The first-order valence-electron chi connectivity index (χ1n) is 6.81. The first-order chi connectivity index (χ1) is 9.81. The van der Waals surface area contributed by atoms with E-state index in [1.165, 1.54) is 4.90 Å². The molecule has 1 aromatic carbocycles. The number of nitrogens with zero attached hydrogens (tertiary/aromatic N) is 1. The number of halogens is 3. The lowest BCUT2D eigenvalue weighted by molar-refractivity contribution is -0.156. The fraction of sp³-hybridized carbons (Fsp3) is 0.533. The molecule has 0 aromatic heterocycles. The molecule has 1 aromatic rings. The molecule has 0 radical (unpaired) electrons. The molecular weight excluding hydrogens is 283 g/mol. The average molecular weight is 303 g/mol. The Morgan fingerprint density at radius 2 is 1.90 bits per heavy atom. The Morgan fingerprint density at radius 1 is 1.29 bits per heavy atom. The maximum Gasteiger partial charge on any atom is 0.401 e. The monoisotopic (exact) mass is 303 g/mol. The molecule has 0 saturated heterocycles. The predicted octanol–water partition coefficient (Wildman–Crippen LogP) is 3.25. The van der Waals surface area contributed by atoms with Crippen LogP contribution in [0.5, 0.6) is 0 Å². The Bertz CT molecular complexity index is 434. The SMILES string of the molecule is CCN(CC(C)C(=O)OCc1ccccc1)CC(F)(F)F. The number of hydrogen-bond acceptors (Lipinski definition) is 3. The van der Waals surface area contributed by atoms with Crippen LogP contribution in [0.25, 0.3) is 0 Å². The van der Waals surface area contributed by atoms with Gasteiger partial charge in [0.05, 0.1) is 12.5 Å². The van der Waals surface area contributed by atoms with Gasteiger partial charge in [0.15, 0.2) is 0 Å². The summed E-state index contributed by atoms with van der Waals surface area (Å²) in [4.78, 5) is 13.0. The van der Waals surface area contributed by atoms with Gasteiger partial charge in [-0.05, 0) is 12.1 Å². The Labute approximate surface area is 122 Å². The number of carbonyl (C=O) groups excluding carboxylic acids is 1. The molecule has 0 fully saturated rings. The molecule has 0 N–H and O–H groups in total. The number of ether oxygens (including phenoxy) is 1. The van der Waals surface area contributed by atoms with Crippen molar-refractivity contribution >= 4 is 5.97 Å². The molecule has 0 aliphatic carbocycles. The second kappa shape index (κ2) is 8.02. The van der Waals surface area contributed by atoms with Gasteiger partial charge in [-0.1, -0.05) is 44.2 Å². The Balaban J connectivity index is 2.42. The second-order valence-electron chi connectivity index (χ2n) is 4.94. The highest BCUT2D eigenvalue weighted by molar-refractivity contribution is 5.72. The van der Waals surface area contributed by atoms with Crippen LogP contribution in [0, 0.1) is 5.92 Å². The van der Waals surface area contributed by atoms with E-state index in [2.05, 4.69) is 0 Å². The van der Waals surface area contributed by atoms with Gasteiger partial charge in [-0.2, -0.15) is 13.2 Å². The fourth-order valence-corrected chi connectivity index (χ4v) is 1.89. The number of benzene rings is 1. The lowest BCUT2D eigenvalue weighted by Crippen LogP contribution is -2.38. The molecule has 1 atom stereocenters. The molecule has 0 amide bonds. The highest BCUT2D eigenvalue weighted by Gasteiger charge is 2.31. The lowest BCUT2D eigenvalue weighted by atomic mass is 10.1. The number of esters is 1. The standard InChI is InChI=1S/C15H20F3NO2/c1-3-19(11-15(16,17)18)9-12(2)14(20)21-10-13-7-5-4-6-8-13/h4-8,12H,3,9-11H2,1-2H3. The normalized spacial score (nSPS) is 13.2. The summed E-state index contributed by atoms with van der Waals surface area (Å²) < 4.78 is 42.2. The van der Waals surface area contributed by atoms with E-state index in [1.54, 1.807) is 13.8 Å². The van der Waals surface area contributed by atoms with Crippen LogP contribution in [0.3, 0.4) is 0 Å². The first-order valence-corrected chi connectivity index (χ1v) is 6.81. The summed E-state index contributed by atoms with van der Waals surface area (Å²) in [6.07, 6.45) is -4.26. The summed E-state index contributed by atoms with van der Waals surface area (Å²) in [5.74, 6) is -1.09. The van der Waals surface area contributed by atoms with Gasteiger partial charge in [-0.25, -0.2) is 0 Å². The van der Waals surface area contributed by atoms with E-state index in [0.717, 1.165) is 5.56 Å². The number of alkyl halides is 3. The minimum Gasteiger partial charge on any atom is -0.461 e. The van der Waals surface area contributed by atoms with Crippen molar-refractivity contribution in [2.75, 3.05) is 19.6 Å². The smallest absolute Gasteiger partial charge is 0.401 e. The molecule has 0 spiro atoms. The van der Waals surface area contributed by atoms with Crippen molar-refractivity contribution in [3.63, 3.8) is 0 Å². The van der Waals surface area contributed by atoms with Gasteiger partial charge in [-0.15, -0.1) is 0 Å². The van der Waals surface area contributed by atoms with Gasteiger partial charge in [0.25, 0.3) is 0 Å². The molecular formula is C15H20F3NO2. The molecule has 3 nitrogen and oxygen atoms in total. The summed E-state index contributed by atoms with van der Waals surface area (Å²) in [6, 6.07) is 9.15. The molecule has 0 aliphatic heterocycles. The van der Waals surface area contributed by atoms with Gasteiger partial charge < -0.3 is 4.74 Å². The molecule has 0 heterocycles. The van der Waals surface area contributed by atoms with Crippen molar-refractivity contribution in [2.45, 2.75) is 26.6 Å². The van der Waals surface area contributed by atoms with E-state index in [1.807, 2.05) is 30.3 Å². The van der Waals surface area contributed by atoms with E-state index in [9.17, 15) is 18.0 Å². The number of carbonyl (C=O) groups is 1. The van der Waals surface area contributed by atoms with Crippen molar-refractivity contribution < 1.29 is 22.7 Å². The number of rotatable bonds is 7. The Morgan fingerprint density at radius 3 is 2.43 bits per heavy atom. The summed E-state index contributed by atoms with van der Waals surface area (Å²) in [6.45, 7) is 2.59. The van der Waals surface area contributed by atoms with Crippen LogP contribution >= 0.6 is 0 Å². The molecule has 0 aliphatic rings. The van der Waals surface area contributed by atoms with Crippen molar-refractivity contribution in [1.82, 2.24) is 4.90 Å². The summed E-state index contributed by atoms with van der Waals surface area (Å²) in [5, 5.41) is 0. The third-order valence-corrected chi connectivity index (χ3v) is 3.01. The molecule has 6 heteroatoms. The summed E-state index contributed by atoms with van der Waals surface area (Å²) >= 11 is 0. The maximum atomic E-state index is 12.4. The zero-order valence-electron chi connectivity index (χ0n) is 12.2. The summed E-state index contributed by atoms with van der Waals surface area (Å²) in [7, 11) is 0. The van der Waals surface area contributed by atoms with Crippen LogP contribution in [0.15, 0.2) is 30.3 Å². The minimum absolute atomic E-state index is 0.0314. The fourth-order valence-electron chi connectivity index (χ4n) is 1.89. The molecule has 1 unspecified atom stereocenters. The molecule has 118 valence electrons. The maximum absolute atomic E-state index is 12.4. The Hall–Kier alpha value is -1.56.